The highest BCUT2D eigenvalue weighted by molar-refractivity contribution is 5.60. The highest BCUT2D eigenvalue weighted by atomic mass is 16.3. The Hall–Kier alpha value is -2.38. The van der Waals surface area contributed by atoms with Crippen molar-refractivity contribution in [3.8, 4) is 6.07 Å². The van der Waals surface area contributed by atoms with E-state index in [0.717, 1.165) is 11.3 Å². The second-order valence-corrected chi connectivity index (χ2v) is 3.49. The number of aliphatic hydroxyl groups excluding tert-OH is 1. The average Bonchev–Trinajstić information content (AvgIpc) is 2.39. The summed E-state index contributed by atoms with van der Waals surface area (Å²) >= 11 is 0. The van der Waals surface area contributed by atoms with Crippen molar-refractivity contribution < 1.29 is 5.11 Å². The van der Waals surface area contributed by atoms with Crippen molar-refractivity contribution in [2.45, 2.75) is 6.61 Å². The number of benzene rings is 1. The van der Waals surface area contributed by atoms with Gasteiger partial charge in [-0.1, -0.05) is 12.1 Å². The van der Waals surface area contributed by atoms with Gasteiger partial charge in [0.25, 0.3) is 0 Å². The van der Waals surface area contributed by atoms with E-state index in [4.69, 9.17) is 10.4 Å². The molecule has 1 aromatic carbocycles. The van der Waals surface area contributed by atoms with E-state index >= 15 is 0 Å². The van der Waals surface area contributed by atoms with Crippen LogP contribution in [0.3, 0.4) is 0 Å². The SMILES string of the molecule is N#Cc1cccc(Nc2ncccc2CO)c1. The van der Waals surface area contributed by atoms with Crippen LogP contribution in [0, 0.1) is 11.3 Å². The first kappa shape index (κ1) is 11.1. The Bertz CT molecular complexity index is 561. The number of aromatic nitrogens is 1. The van der Waals surface area contributed by atoms with Crippen LogP contribution >= 0.6 is 0 Å². The van der Waals surface area contributed by atoms with Gasteiger partial charge in [-0.2, -0.15) is 5.26 Å². The van der Waals surface area contributed by atoms with Gasteiger partial charge in [0.2, 0.25) is 0 Å². The molecule has 0 saturated carbocycles. The van der Waals surface area contributed by atoms with Gasteiger partial charge < -0.3 is 10.4 Å². The van der Waals surface area contributed by atoms with E-state index in [9.17, 15) is 0 Å². The van der Waals surface area contributed by atoms with E-state index in [1.807, 2.05) is 6.07 Å². The molecule has 4 nitrogen and oxygen atoms in total. The van der Waals surface area contributed by atoms with Crippen LogP contribution in [0.5, 0.6) is 0 Å². The minimum absolute atomic E-state index is 0.0753. The van der Waals surface area contributed by atoms with Crippen molar-refractivity contribution >= 4 is 11.5 Å². The Morgan fingerprint density at radius 1 is 1.29 bits per heavy atom. The fraction of sp³-hybridized carbons (Fsp3) is 0.0769. The highest BCUT2D eigenvalue weighted by Crippen LogP contribution is 2.18. The number of hydrogen-bond acceptors (Lipinski definition) is 4. The Morgan fingerprint density at radius 3 is 2.94 bits per heavy atom. The van der Waals surface area contributed by atoms with Crippen LogP contribution < -0.4 is 5.32 Å². The Balaban J connectivity index is 2.28. The summed E-state index contributed by atoms with van der Waals surface area (Å²) in [5.74, 6) is 0.602. The maximum atomic E-state index is 9.16. The smallest absolute Gasteiger partial charge is 0.135 e. The summed E-state index contributed by atoms with van der Waals surface area (Å²) < 4.78 is 0. The molecule has 0 fully saturated rings. The predicted molar refractivity (Wildman–Crippen MR) is 64.6 cm³/mol. The van der Waals surface area contributed by atoms with E-state index in [2.05, 4.69) is 16.4 Å². The number of pyridine rings is 1. The number of nitrogens with one attached hydrogen (secondary N) is 1. The molecule has 2 N–H and O–H groups in total. The molecule has 0 aliphatic heterocycles. The largest absolute Gasteiger partial charge is 0.392 e. The van der Waals surface area contributed by atoms with Crippen LogP contribution in [0.25, 0.3) is 0 Å². The zero-order valence-electron chi connectivity index (χ0n) is 9.09. The second kappa shape index (κ2) is 5.10. The lowest BCUT2D eigenvalue weighted by atomic mass is 10.2. The third-order valence-corrected chi connectivity index (χ3v) is 2.32. The summed E-state index contributed by atoms with van der Waals surface area (Å²) in [5, 5.41) is 21.0. The van der Waals surface area contributed by atoms with Crippen molar-refractivity contribution in [2.24, 2.45) is 0 Å². The molecule has 0 saturated heterocycles. The second-order valence-electron chi connectivity index (χ2n) is 3.49. The lowest BCUT2D eigenvalue weighted by molar-refractivity contribution is 0.282. The molecule has 0 amide bonds. The quantitative estimate of drug-likeness (QED) is 0.840. The molecule has 84 valence electrons. The molecule has 2 aromatic rings. The van der Waals surface area contributed by atoms with Crippen LogP contribution in [0.15, 0.2) is 42.6 Å². The standard InChI is InChI=1S/C13H11N3O/c14-8-10-3-1-5-12(7-10)16-13-11(9-17)4-2-6-15-13/h1-7,17H,9H2,(H,15,16). The fourth-order valence-corrected chi connectivity index (χ4v) is 1.48. The number of aliphatic hydroxyl groups is 1. The van der Waals surface area contributed by atoms with Gasteiger partial charge >= 0.3 is 0 Å². The Morgan fingerprint density at radius 2 is 2.18 bits per heavy atom. The van der Waals surface area contributed by atoms with Gasteiger partial charge in [0.1, 0.15) is 5.82 Å². The van der Waals surface area contributed by atoms with Gasteiger partial charge in [-0.3, -0.25) is 0 Å². The molecule has 1 heterocycles. The van der Waals surface area contributed by atoms with Crippen molar-refractivity contribution in [3.63, 3.8) is 0 Å². The van der Waals surface area contributed by atoms with E-state index in [0.29, 0.717) is 11.4 Å². The molecule has 0 bridgehead atoms. The zero-order valence-corrected chi connectivity index (χ0v) is 9.09. The Labute approximate surface area is 99.2 Å². The van der Waals surface area contributed by atoms with Crippen LogP contribution in [-0.4, -0.2) is 10.1 Å². The molecule has 0 atom stereocenters. The number of rotatable bonds is 3. The summed E-state index contributed by atoms with van der Waals surface area (Å²) in [6, 6.07) is 12.7. The van der Waals surface area contributed by atoms with Gasteiger partial charge in [0.05, 0.1) is 18.2 Å². The summed E-state index contributed by atoms with van der Waals surface area (Å²) in [4.78, 5) is 4.15. The van der Waals surface area contributed by atoms with E-state index in [1.54, 1.807) is 36.5 Å². The number of hydrogen-bond donors (Lipinski definition) is 2. The molecule has 1 aromatic heterocycles. The van der Waals surface area contributed by atoms with Gasteiger partial charge in [0.15, 0.2) is 0 Å². The van der Waals surface area contributed by atoms with Crippen molar-refractivity contribution in [1.29, 1.82) is 5.26 Å². The van der Waals surface area contributed by atoms with E-state index in [-0.39, 0.29) is 6.61 Å². The van der Waals surface area contributed by atoms with Crippen molar-refractivity contribution in [1.82, 2.24) is 4.98 Å². The maximum Gasteiger partial charge on any atom is 0.135 e. The number of anilines is 2. The molecule has 0 spiro atoms. The molecule has 0 aliphatic rings. The fourth-order valence-electron chi connectivity index (χ4n) is 1.48. The lowest BCUT2D eigenvalue weighted by Crippen LogP contribution is -1.98. The lowest BCUT2D eigenvalue weighted by Gasteiger charge is -2.09. The topological polar surface area (TPSA) is 68.9 Å². The number of nitrogens with zero attached hydrogens (tertiary/aromatic N) is 2. The van der Waals surface area contributed by atoms with Crippen LogP contribution in [0.2, 0.25) is 0 Å². The van der Waals surface area contributed by atoms with Gasteiger partial charge in [-0.15, -0.1) is 0 Å². The first-order valence-corrected chi connectivity index (χ1v) is 5.15. The van der Waals surface area contributed by atoms with Crippen molar-refractivity contribution in [2.75, 3.05) is 5.32 Å². The molecule has 0 radical (unpaired) electrons. The summed E-state index contributed by atoms with van der Waals surface area (Å²) in [5.41, 5.74) is 2.07. The van der Waals surface area contributed by atoms with Crippen molar-refractivity contribution in [3.05, 3.63) is 53.7 Å². The third-order valence-electron chi connectivity index (χ3n) is 2.32. The molecule has 0 unspecified atom stereocenters. The summed E-state index contributed by atoms with van der Waals surface area (Å²) in [6.45, 7) is -0.0753. The normalized spacial score (nSPS) is 9.65. The summed E-state index contributed by atoms with van der Waals surface area (Å²) in [6.07, 6.45) is 1.65. The Kier molecular flexibility index (Phi) is 3.34. The van der Waals surface area contributed by atoms with Gasteiger partial charge in [0, 0.05) is 17.4 Å². The first-order chi connectivity index (χ1) is 8.33. The molecule has 4 heteroatoms. The summed E-state index contributed by atoms with van der Waals surface area (Å²) in [7, 11) is 0. The molecule has 2 rings (SSSR count). The minimum atomic E-state index is -0.0753. The van der Waals surface area contributed by atoms with Crippen LogP contribution in [0.4, 0.5) is 11.5 Å². The van der Waals surface area contributed by atoms with Crippen LogP contribution in [-0.2, 0) is 6.61 Å². The van der Waals surface area contributed by atoms with E-state index < -0.39 is 0 Å². The molecular weight excluding hydrogens is 214 g/mol. The van der Waals surface area contributed by atoms with Gasteiger partial charge in [-0.05, 0) is 24.3 Å². The first-order valence-electron chi connectivity index (χ1n) is 5.15. The third kappa shape index (κ3) is 2.60. The molecular formula is C13H11N3O. The van der Waals surface area contributed by atoms with Crippen LogP contribution in [0.1, 0.15) is 11.1 Å². The van der Waals surface area contributed by atoms with E-state index in [1.165, 1.54) is 0 Å². The number of nitriles is 1. The zero-order chi connectivity index (χ0) is 12.1. The molecule has 17 heavy (non-hydrogen) atoms. The molecule has 0 aliphatic carbocycles. The average molecular weight is 225 g/mol. The van der Waals surface area contributed by atoms with Gasteiger partial charge in [-0.25, -0.2) is 4.98 Å². The predicted octanol–water partition coefficient (Wildman–Crippen LogP) is 2.19. The minimum Gasteiger partial charge on any atom is -0.392 e. The maximum absolute atomic E-state index is 9.16. The highest BCUT2D eigenvalue weighted by Gasteiger charge is 2.02. The monoisotopic (exact) mass is 225 g/mol.